The van der Waals surface area contributed by atoms with Crippen molar-refractivity contribution >= 4 is 11.7 Å². The third kappa shape index (κ3) is 1.64. The number of carbonyl (C=O) groups excluding carboxylic acids is 1. The molecule has 4 N–H and O–H groups in total. The maximum absolute atomic E-state index is 12.4. The van der Waals surface area contributed by atoms with Crippen molar-refractivity contribution in [2.24, 2.45) is 34.1 Å². The molecular weight excluding hydrogens is 230 g/mol. The van der Waals surface area contributed by atoms with E-state index >= 15 is 0 Å². The summed E-state index contributed by atoms with van der Waals surface area (Å²) in [5.74, 6) is 1.99. The average Bonchev–Trinajstić information content (AvgIpc) is 2.34. The Kier molecular flexibility index (Phi) is 2.62. The number of amidine groups is 1. The Hall–Kier alpha value is -1.10. The monoisotopic (exact) mass is 251 g/mol. The molecule has 2 atom stereocenters. The highest BCUT2D eigenvalue weighted by Gasteiger charge is 2.57. The number of rotatable bonds is 1. The van der Waals surface area contributed by atoms with Crippen molar-refractivity contribution in [3.8, 4) is 0 Å². The lowest BCUT2D eigenvalue weighted by atomic mass is 9.48. The molecule has 4 aliphatic rings. The van der Waals surface area contributed by atoms with E-state index < -0.39 is 0 Å². The third-order valence-corrected chi connectivity index (χ3v) is 5.27. The molecule has 4 fully saturated rings. The van der Waals surface area contributed by atoms with E-state index in [-0.39, 0.29) is 23.2 Å². The summed E-state index contributed by atoms with van der Waals surface area (Å²) in [6, 6.07) is 0.287. The van der Waals surface area contributed by atoms with Gasteiger partial charge in [-0.15, -0.1) is 0 Å². The predicted octanol–water partition coefficient (Wildman–Crippen LogP) is 1.06. The van der Waals surface area contributed by atoms with Crippen LogP contribution in [0.2, 0.25) is 0 Å². The Labute approximate surface area is 107 Å². The van der Waals surface area contributed by atoms with Gasteiger partial charge in [-0.1, -0.05) is 5.16 Å². The lowest BCUT2D eigenvalue weighted by molar-refractivity contribution is -0.146. The summed E-state index contributed by atoms with van der Waals surface area (Å²) in [6.07, 6.45) is 5.19. The minimum atomic E-state index is -0.252. The van der Waals surface area contributed by atoms with Crippen LogP contribution in [0, 0.1) is 23.2 Å². The molecule has 5 nitrogen and oxygen atoms in total. The first-order chi connectivity index (χ1) is 8.54. The summed E-state index contributed by atoms with van der Waals surface area (Å²) in [5.41, 5.74) is 6.01. The zero-order valence-electron chi connectivity index (χ0n) is 10.7. The minimum absolute atomic E-state index is 0.0316. The van der Waals surface area contributed by atoms with Crippen molar-refractivity contribution in [2.45, 2.75) is 45.1 Å². The van der Waals surface area contributed by atoms with Gasteiger partial charge >= 0.3 is 0 Å². The molecule has 0 aliphatic heterocycles. The van der Waals surface area contributed by atoms with Crippen molar-refractivity contribution in [3.05, 3.63) is 0 Å². The molecule has 0 aromatic rings. The molecule has 0 aromatic heterocycles. The van der Waals surface area contributed by atoms with Gasteiger partial charge in [0.1, 0.15) is 5.84 Å². The summed E-state index contributed by atoms with van der Waals surface area (Å²) in [7, 11) is 0. The van der Waals surface area contributed by atoms with Crippen LogP contribution in [0.15, 0.2) is 5.16 Å². The van der Waals surface area contributed by atoms with Crippen LogP contribution in [-0.4, -0.2) is 23.0 Å². The maximum atomic E-state index is 12.4. The second-order valence-corrected chi connectivity index (χ2v) is 6.47. The fourth-order valence-corrected chi connectivity index (χ4v) is 4.66. The van der Waals surface area contributed by atoms with E-state index in [1.165, 1.54) is 12.8 Å². The van der Waals surface area contributed by atoms with Crippen LogP contribution >= 0.6 is 0 Å². The average molecular weight is 251 g/mol. The topological polar surface area (TPSA) is 87.7 Å². The quantitative estimate of drug-likeness (QED) is 0.282. The van der Waals surface area contributed by atoms with E-state index in [0.29, 0.717) is 17.8 Å². The van der Waals surface area contributed by atoms with E-state index in [1.807, 2.05) is 0 Å². The summed E-state index contributed by atoms with van der Waals surface area (Å²) in [5, 5.41) is 14.4. The highest BCUT2D eigenvalue weighted by atomic mass is 16.4. The van der Waals surface area contributed by atoms with Crippen molar-refractivity contribution in [1.29, 1.82) is 0 Å². The van der Waals surface area contributed by atoms with Crippen LogP contribution in [0.1, 0.15) is 39.0 Å². The van der Waals surface area contributed by atoms with Crippen LogP contribution in [0.5, 0.6) is 0 Å². The van der Waals surface area contributed by atoms with E-state index in [9.17, 15) is 4.79 Å². The van der Waals surface area contributed by atoms with Gasteiger partial charge in [0.05, 0.1) is 5.41 Å². The van der Waals surface area contributed by atoms with Gasteiger partial charge < -0.3 is 16.3 Å². The number of nitrogens with two attached hydrogens (primary N) is 1. The molecule has 0 spiro atoms. The maximum Gasteiger partial charge on any atom is 0.231 e. The highest BCUT2D eigenvalue weighted by Crippen LogP contribution is 2.59. The summed E-state index contributed by atoms with van der Waals surface area (Å²) < 4.78 is 0. The van der Waals surface area contributed by atoms with E-state index in [4.69, 9.17) is 10.9 Å². The van der Waals surface area contributed by atoms with Crippen molar-refractivity contribution in [2.75, 3.05) is 0 Å². The van der Waals surface area contributed by atoms with Gasteiger partial charge in [0.15, 0.2) is 0 Å². The van der Waals surface area contributed by atoms with Gasteiger partial charge in [0.25, 0.3) is 0 Å². The largest absolute Gasteiger partial charge is 0.409 e. The molecule has 4 rings (SSSR count). The van der Waals surface area contributed by atoms with E-state index in [2.05, 4.69) is 10.5 Å². The Bertz CT molecular complexity index is 391. The second kappa shape index (κ2) is 3.95. The Morgan fingerprint density at radius 2 is 1.94 bits per heavy atom. The minimum Gasteiger partial charge on any atom is -0.409 e. The van der Waals surface area contributed by atoms with Gasteiger partial charge in [-0.25, -0.2) is 0 Å². The number of nitrogens with one attached hydrogen (secondary N) is 1. The van der Waals surface area contributed by atoms with Crippen LogP contribution in [0.25, 0.3) is 0 Å². The summed E-state index contributed by atoms with van der Waals surface area (Å²) >= 11 is 0. The lowest BCUT2D eigenvalue weighted by Crippen LogP contribution is -2.61. The first kappa shape index (κ1) is 12.0. The van der Waals surface area contributed by atoms with Gasteiger partial charge in [-0.05, 0) is 56.8 Å². The van der Waals surface area contributed by atoms with Crippen molar-refractivity contribution in [3.63, 3.8) is 0 Å². The van der Waals surface area contributed by atoms with Gasteiger partial charge in [0, 0.05) is 6.04 Å². The molecule has 4 aliphatic carbocycles. The highest BCUT2D eigenvalue weighted by molar-refractivity contribution is 5.99. The molecule has 18 heavy (non-hydrogen) atoms. The molecule has 100 valence electrons. The fraction of sp³-hybridized carbons (Fsp3) is 0.846. The first-order valence-electron chi connectivity index (χ1n) is 6.80. The van der Waals surface area contributed by atoms with Crippen LogP contribution in [0.4, 0.5) is 0 Å². The van der Waals surface area contributed by atoms with Crippen molar-refractivity contribution in [1.82, 2.24) is 5.32 Å². The normalized spacial score (nSPS) is 46.2. The number of oxime groups is 1. The lowest BCUT2D eigenvalue weighted by Gasteiger charge is -2.58. The molecule has 0 radical (unpaired) electrons. The van der Waals surface area contributed by atoms with Gasteiger partial charge in [-0.2, -0.15) is 0 Å². The smallest absolute Gasteiger partial charge is 0.231 e. The van der Waals surface area contributed by atoms with E-state index in [0.717, 1.165) is 19.3 Å². The molecule has 5 heteroatoms. The standard InChI is InChI=1S/C13H21N3O2/c1-7(16-18)15-12(17)13-4-8-2-9(5-13)11(14)10(3-8)6-13/h8-11,18H,2-6,14H2,1H3,(H,15,16,17). The Morgan fingerprint density at radius 1 is 1.33 bits per heavy atom. The fourth-order valence-electron chi connectivity index (χ4n) is 4.66. The summed E-state index contributed by atoms with van der Waals surface area (Å²) in [4.78, 5) is 12.4. The number of hydrogen-bond donors (Lipinski definition) is 3. The number of amides is 1. The van der Waals surface area contributed by atoms with Gasteiger partial charge in [0.2, 0.25) is 5.91 Å². The third-order valence-electron chi connectivity index (χ3n) is 5.27. The van der Waals surface area contributed by atoms with E-state index in [1.54, 1.807) is 6.92 Å². The SMILES string of the molecule is CC(=NO)NC(=O)C12CC3CC(C1)C(N)C(C3)C2. The van der Waals surface area contributed by atoms with Crippen LogP contribution in [-0.2, 0) is 4.79 Å². The molecule has 4 bridgehead atoms. The van der Waals surface area contributed by atoms with Crippen LogP contribution < -0.4 is 11.1 Å². The number of nitrogens with zero attached hydrogens (tertiary/aromatic N) is 1. The molecule has 0 aromatic carbocycles. The molecular formula is C13H21N3O2. The first-order valence-corrected chi connectivity index (χ1v) is 6.80. The predicted molar refractivity (Wildman–Crippen MR) is 67.0 cm³/mol. The van der Waals surface area contributed by atoms with Gasteiger partial charge in [-0.3, -0.25) is 4.79 Å². The Balaban J connectivity index is 1.82. The number of carbonyl (C=O) groups is 1. The second-order valence-electron chi connectivity index (χ2n) is 6.47. The molecule has 0 saturated heterocycles. The molecule has 0 heterocycles. The molecule has 4 saturated carbocycles. The zero-order chi connectivity index (χ0) is 12.9. The van der Waals surface area contributed by atoms with Crippen LogP contribution in [0.3, 0.4) is 0 Å². The molecule has 2 unspecified atom stereocenters. The summed E-state index contributed by atoms with van der Waals surface area (Å²) in [6.45, 7) is 1.60. The molecule has 1 amide bonds. The Morgan fingerprint density at radius 3 is 2.50 bits per heavy atom. The van der Waals surface area contributed by atoms with Crippen molar-refractivity contribution < 1.29 is 10.0 Å². The zero-order valence-corrected chi connectivity index (χ0v) is 10.7. The number of hydrogen-bond acceptors (Lipinski definition) is 4.